The maximum Gasteiger partial charge on any atom is 0.308 e. The molecule has 0 radical (unpaired) electrons. The molecule has 0 heterocycles. The summed E-state index contributed by atoms with van der Waals surface area (Å²) in [6, 6.07) is 0. The smallest absolute Gasteiger partial charge is 0.308 e. The van der Waals surface area contributed by atoms with Crippen LogP contribution in [0.4, 0.5) is 0 Å². The molecule has 4 rings (SSSR count). The number of hydrogen-bond acceptors (Lipinski definition) is 6. The van der Waals surface area contributed by atoms with Crippen LogP contribution in [0.2, 0.25) is 0 Å². The Bertz CT molecular complexity index is 963. The van der Waals surface area contributed by atoms with Crippen LogP contribution in [-0.2, 0) is 14.3 Å². The van der Waals surface area contributed by atoms with Crippen molar-refractivity contribution in [3.05, 3.63) is 23.3 Å². The topological polar surface area (TPSA) is 104 Å². The number of esters is 1. The van der Waals surface area contributed by atoms with Crippen LogP contribution >= 0.6 is 0 Å². The summed E-state index contributed by atoms with van der Waals surface area (Å²) in [5.41, 5.74) is 1.20. The van der Waals surface area contributed by atoms with Crippen LogP contribution in [0.5, 0.6) is 0 Å². The normalized spacial score (nSPS) is 39.1. The molecule has 6 heteroatoms. The molecule has 0 saturated heterocycles. The van der Waals surface area contributed by atoms with Crippen molar-refractivity contribution < 1.29 is 29.6 Å². The molecule has 4 aliphatic rings. The zero-order valence-electron chi connectivity index (χ0n) is 23.6. The SMILES string of the molecule is CC(O)CC(=O)OC(C)(C)CCC[C@@H](C)[C@H]1CC[C@H]2C3=CC(=O)C4=C[C@H](O)[C@H](O)C[C@]4(C)[C@H]3CC[C@]12C. The zero-order chi connectivity index (χ0) is 27.3. The Labute approximate surface area is 222 Å². The minimum absolute atomic E-state index is 0.0211. The average Bonchev–Trinajstić information content (AvgIpc) is 3.12. The van der Waals surface area contributed by atoms with Crippen molar-refractivity contribution in [1.29, 1.82) is 0 Å². The lowest BCUT2D eigenvalue weighted by Crippen LogP contribution is -2.51. The van der Waals surface area contributed by atoms with Gasteiger partial charge in [-0.2, -0.15) is 0 Å². The van der Waals surface area contributed by atoms with E-state index in [-0.39, 0.29) is 29.5 Å². The monoisotopic (exact) mass is 516 g/mol. The minimum Gasteiger partial charge on any atom is -0.460 e. The van der Waals surface area contributed by atoms with Gasteiger partial charge >= 0.3 is 5.97 Å². The van der Waals surface area contributed by atoms with E-state index >= 15 is 0 Å². The number of carbonyl (C=O) groups excluding carboxylic acids is 2. The summed E-state index contributed by atoms with van der Waals surface area (Å²) in [5, 5.41) is 30.1. The molecule has 37 heavy (non-hydrogen) atoms. The fourth-order valence-electron chi connectivity index (χ4n) is 8.61. The van der Waals surface area contributed by atoms with Gasteiger partial charge in [0.25, 0.3) is 0 Å². The van der Waals surface area contributed by atoms with Crippen molar-refractivity contribution in [2.45, 2.75) is 123 Å². The lowest BCUT2D eigenvalue weighted by atomic mass is 9.49. The predicted octanol–water partition coefficient (Wildman–Crippen LogP) is 4.90. The van der Waals surface area contributed by atoms with Crippen molar-refractivity contribution in [3.63, 3.8) is 0 Å². The molecule has 208 valence electrons. The second kappa shape index (κ2) is 10.2. The highest BCUT2D eigenvalue weighted by Gasteiger charge is 2.59. The van der Waals surface area contributed by atoms with E-state index in [4.69, 9.17) is 4.74 Å². The molecule has 6 nitrogen and oxygen atoms in total. The molecule has 2 saturated carbocycles. The number of fused-ring (bicyclic) bond motifs is 5. The van der Waals surface area contributed by atoms with E-state index in [2.05, 4.69) is 20.8 Å². The molecule has 0 aromatic rings. The van der Waals surface area contributed by atoms with Gasteiger partial charge in [0.15, 0.2) is 5.78 Å². The Kier molecular flexibility index (Phi) is 7.89. The first-order valence-corrected chi connectivity index (χ1v) is 14.4. The van der Waals surface area contributed by atoms with E-state index in [0.29, 0.717) is 29.7 Å². The van der Waals surface area contributed by atoms with Crippen molar-refractivity contribution in [3.8, 4) is 0 Å². The first-order chi connectivity index (χ1) is 17.2. The number of ether oxygens (including phenoxy) is 1. The molecular formula is C31H48O6. The highest BCUT2D eigenvalue weighted by Crippen LogP contribution is 2.66. The highest BCUT2D eigenvalue weighted by atomic mass is 16.6. The highest BCUT2D eigenvalue weighted by molar-refractivity contribution is 6.07. The van der Waals surface area contributed by atoms with E-state index in [1.807, 2.05) is 19.9 Å². The van der Waals surface area contributed by atoms with Gasteiger partial charge < -0.3 is 20.1 Å². The fourth-order valence-corrected chi connectivity index (χ4v) is 8.61. The molecule has 0 aliphatic heterocycles. The number of rotatable bonds is 8. The molecule has 1 unspecified atom stereocenters. The van der Waals surface area contributed by atoms with Gasteiger partial charge in [-0.3, -0.25) is 9.59 Å². The van der Waals surface area contributed by atoms with Gasteiger partial charge in [-0.05, 0) is 107 Å². The van der Waals surface area contributed by atoms with E-state index in [0.717, 1.165) is 44.9 Å². The van der Waals surface area contributed by atoms with Gasteiger partial charge in [0.2, 0.25) is 0 Å². The van der Waals surface area contributed by atoms with Crippen LogP contribution in [0, 0.1) is 34.5 Å². The lowest BCUT2D eigenvalue weighted by molar-refractivity contribution is -0.159. The third-order valence-electron chi connectivity index (χ3n) is 10.5. The van der Waals surface area contributed by atoms with Crippen molar-refractivity contribution in [1.82, 2.24) is 0 Å². The Balaban J connectivity index is 1.42. The van der Waals surface area contributed by atoms with Crippen LogP contribution in [0.15, 0.2) is 23.3 Å². The molecule has 0 aromatic heterocycles. The summed E-state index contributed by atoms with van der Waals surface area (Å²) in [6.45, 7) is 12.4. The number of hydrogen-bond donors (Lipinski definition) is 3. The Morgan fingerprint density at radius 1 is 1.16 bits per heavy atom. The molecular weight excluding hydrogens is 468 g/mol. The number of carbonyl (C=O) groups is 2. The summed E-state index contributed by atoms with van der Waals surface area (Å²) in [7, 11) is 0. The molecule has 0 amide bonds. The van der Waals surface area contributed by atoms with Crippen LogP contribution < -0.4 is 0 Å². The molecule has 4 aliphatic carbocycles. The largest absolute Gasteiger partial charge is 0.460 e. The Morgan fingerprint density at radius 2 is 1.86 bits per heavy atom. The van der Waals surface area contributed by atoms with Gasteiger partial charge in [0.05, 0.1) is 24.7 Å². The quantitative estimate of drug-likeness (QED) is 0.397. The molecule has 0 aromatic carbocycles. The second-order valence-electron chi connectivity index (χ2n) is 13.8. The van der Waals surface area contributed by atoms with Gasteiger partial charge in [-0.15, -0.1) is 0 Å². The predicted molar refractivity (Wildman–Crippen MR) is 142 cm³/mol. The van der Waals surface area contributed by atoms with Gasteiger partial charge in [-0.25, -0.2) is 0 Å². The number of aliphatic hydroxyl groups is 3. The van der Waals surface area contributed by atoms with Crippen molar-refractivity contribution in [2.24, 2.45) is 34.5 Å². The third kappa shape index (κ3) is 5.35. The van der Waals surface area contributed by atoms with E-state index < -0.39 is 29.3 Å². The van der Waals surface area contributed by atoms with Gasteiger partial charge in [0.1, 0.15) is 5.60 Å². The Morgan fingerprint density at radius 3 is 2.54 bits per heavy atom. The summed E-state index contributed by atoms with van der Waals surface area (Å²) in [5.74, 6) is 1.43. The fraction of sp³-hybridized carbons (Fsp3) is 0.806. The van der Waals surface area contributed by atoms with Crippen molar-refractivity contribution in [2.75, 3.05) is 0 Å². The molecule has 3 N–H and O–H groups in total. The summed E-state index contributed by atoms with van der Waals surface area (Å²) in [4.78, 5) is 25.2. The second-order valence-corrected chi connectivity index (χ2v) is 13.8. The summed E-state index contributed by atoms with van der Waals surface area (Å²) >= 11 is 0. The third-order valence-corrected chi connectivity index (χ3v) is 10.5. The minimum atomic E-state index is -0.959. The first kappa shape index (κ1) is 28.5. The lowest BCUT2D eigenvalue weighted by Gasteiger charge is -2.55. The van der Waals surface area contributed by atoms with Crippen LogP contribution in [-0.4, -0.2) is 51.0 Å². The van der Waals surface area contributed by atoms with Gasteiger partial charge in [0, 0.05) is 11.0 Å². The summed E-state index contributed by atoms with van der Waals surface area (Å²) < 4.78 is 5.62. The van der Waals surface area contributed by atoms with E-state index in [9.17, 15) is 24.9 Å². The van der Waals surface area contributed by atoms with Gasteiger partial charge in [-0.1, -0.05) is 32.8 Å². The number of allylic oxidation sites excluding steroid dienone is 3. The van der Waals surface area contributed by atoms with Crippen molar-refractivity contribution >= 4 is 11.8 Å². The number of aliphatic hydroxyl groups excluding tert-OH is 3. The van der Waals surface area contributed by atoms with Crippen LogP contribution in [0.1, 0.15) is 99.3 Å². The summed E-state index contributed by atoms with van der Waals surface area (Å²) in [6.07, 6.45) is 8.73. The molecule has 0 spiro atoms. The molecule has 0 bridgehead atoms. The Hall–Kier alpha value is -1.50. The maximum atomic E-state index is 13.2. The van der Waals surface area contributed by atoms with Crippen LogP contribution in [0.25, 0.3) is 0 Å². The average molecular weight is 517 g/mol. The number of ketones is 1. The molecule has 9 atom stereocenters. The standard InChI is InChI=1S/C31H48O6/c1-18(8-7-12-29(3,4)37-28(36)14-19(2)32)21-9-10-22-20-15-25(33)24-16-26(34)27(35)17-31(24,6)23(20)11-13-30(21,22)5/h15-16,18-19,21-23,26-27,32,34-35H,7-14,17H2,1-6H3/t18-,19?,21-,22+,23+,26+,27-,30-,31-/m1/s1. The first-order valence-electron chi connectivity index (χ1n) is 14.4. The van der Waals surface area contributed by atoms with Crippen LogP contribution in [0.3, 0.4) is 0 Å². The maximum absolute atomic E-state index is 13.2. The van der Waals surface area contributed by atoms with E-state index in [1.54, 1.807) is 13.0 Å². The zero-order valence-corrected chi connectivity index (χ0v) is 23.6. The molecule has 2 fully saturated rings. The van der Waals surface area contributed by atoms with E-state index in [1.165, 1.54) is 5.57 Å².